The zero-order valence-electron chi connectivity index (χ0n) is 13.8. The highest BCUT2D eigenvalue weighted by atomic mass is 32.1. The van der Waals surface area contributed by atoms with Crippen LogP contribution in [0.5, 0.6) is 5.75 Å². The van der Waals surface area contributed by atoms with Gasteiger partial charge in [0.1, 0.15) is 5.75 Å². The molecule has 0 radical (unpaired) electrons. The average Bonchev–Trinajstić information content (AvgIpc) is 2.95. The number of methoxy groups -OCH3 is 1. The Bertz CT molecular complexity index is 937. The van der Waals surface area contributed by atoms with E-state index in [-0.39, 0.29) is 5.91 Å². The summed E-state index contributed by atoms with van der Waals surface area (Å²) in [6.07, 6.45) is 0. The molecule has 0 spiro atoms. The van der Waals surface area contributed by atoms with Crippen LogP contribution in [0, 0.1) is 13.8 Å². The summed E-state index contributed by atoms with van der Waals surface area (Å²) in [6, 6.07) is 15.1. The lowest BCUT2D eigenvalue weighted by molar-refractivity contribution is 0.0998. The van der Waals surface area contributed by atoms with Crippen molar-refractivity contribution in [3.63, 3.8) is 0 Å². The standard InChI is InChI=1S/C19H18N2O2S/c1-13-8-10-15(11-9-13)18(22)20-19-21(14(2)12-24-19)16-6-4-5-7-17(16)23-3/h4-12H,1-3H3. The number of aromatic nitrogens is 1. The van der Waals surface area contributed by atoms with Gasteiger partial charge in [-0.05, 0) is 38.1 Å². The van der Waals surface area contributed by atoms with E-state index in [0.29, 0.717) is 10.4 Å². The van der Waals surface area contributed by atoms with Crippen molar-refractivity contribution in [1.82, 2.24) is 4.57 Å². The normalized spacial score (nSPS) is 11.5. The Kier molecular flexibility index (Phi) is 4.62. The van der Waals surface area contributed by atoms with E-state index < -0.39 is 0 Å². The third kappa shape index (κ3) is 3.16. The van der Waals surface area contributed by atoms with Gasteiger partial charge in [0.15, 0.2) is 4.80 Å². The Morgan fingerprint density at radius 3 is 2.50 bits per heavy atom. The van der Waals surface area contributed by atoms with Gasteiger partial charge in [0.25, 0.3) is 5.91 Å². The molecular formula is C19H18N2O2S. The second-order valence-electron chi connectivity index (χ2n) is 5.45. The van der Waals surface area contributed by atoms with Gasteiger partial charge in [-0.3, -0.25) is 9.36 Å². The van der Waals surface area contributed by atoms with Crippen molar-refractivity contribution in [2.75, 3.05) is 7.11 Å². The third-order valence-electron chi connectivity index (χ3n) is 3.70. The van der Waals surface area contributed by atoms with Crippen molar-refractivity contribution in [3.8, 4) is 11.4 Å². The first-order chi connectivity index (χ1) is 11.6. The van der Waals surface area contributed by atoms with Crippen molar-refractivity contribution in [2.45, 2.75) is 13.8 Å². The molecular weight excluding hydrogens is 320 g/mol. The largest absolute Gasteiger partial charge is 0.495 e. The molecule has 0 atom stereocenters. The van der Waals surface area contributed by atoms with Gasteiger partial charge in [-0.25, -0.2) is 0 Å². The summed E-state index contributed by atoms with van der Waals surface area (Å²) in [4.78, 5) is 17.4. The molecule has 0 fully saturated rings. The zero-order valence-corrected chi connectivity index (χ0v) is 14.6. The predicted molar refractivity (Wildman–Crippen MR) is 96.0 cm³/mol. The molecule has 5 heteroatoms. The average molecular weight is 338 g/mol. The van der Waals surface area contributed by atoms with Crippen LogP contribution in [0.3, 0.4) is 0 Å². The van der Waals surface area contributed by atoms with E-state index in [0.717, 1.165) is 22.7 Å². The second-order valence-corrected chi connectivity index (χ2v) is 6.29. The van der Waals surface area contributed by atoms with Crippen molar-refractivity contribution in [1.29, 1.82) is 0 Å². The molecule has 3 aromatic rings. The van der Waals surface area contributed by atoms with Gasteiger partial charge in [-0.1, -0.05) is 29.8 Å². The lowest BCUT2D eigenvalue weighted by atomic mass is 10.1. The summed E-state index contributed by atoms with van der Waals surface area (Å²) >= 11 is 1.44. The summed E-state index contributed by atoms with van der Waals surface area (Å²) in [5.74, 6) is 0.490. The SMILES string of the molecule is COc1ccccc1-n1c(C)csc1=NC(=O)c1ccc(C)cc1. The molecule has 1 aromatic heterocycles. The lowest BCUT2D eigenvalue weighted by Crippen LogP contribution is -2.17. The molecule has 24 heavy (non-hydrogen) atoms. The van der Waals surface area contributed by atoms with E-state index in [2.05, 4.69) is 4.99 Å². The van der Waals surface area contributed by atoms with Crippen molar-refractivity contribution in [2.24, 2.45) is 4.99 Å². The number of hydrogen-bond acceptors (Lipinski definition) is 3. The fraction of sp³-hybridized carbons (Fsp3) is 0.158. The van der Waals surface area contributed by atoms with Gasteiger partial charge in [-0.15, -0.1) is 11.3 Å². The Labute approximate surface area is 144 Å². The summed E-state index contributed by atoms with van der Waals surface area (Å²) in [7, 11) is 1.63. The fourth-order valence-corrected chi connectivity index (χ4v) is 3.29. The third-order valence-corrected chi connectivity index (χ3v) is 4.64. The minimum Gasteiger partial charge on any atom is -0.495 e. The quantitative estimate of drug-likeness (QED) is 0.727. The highest BCUT2D eigenvalue weighted by Crippen LogP contribution is 2.22. The maximum absolute atomic E-state index is 12.5. The van der Waals surface area contributed by atoms with Crippen LogP contribution in [-0.4, -0.2) is 17.6 Å². The number of rotatable bonds is 3. The maximum Gasteiger partial charge on any atom is 0.279 e. The lowest BCUT2D eigenvalue weighted by Gasteiger charge is -2.10. The van der Waals surface area contributed by atoms with E-state index in [9.17, 15) is 4.79 Å². The van der Waals surface area contributed by atoms with Crippen LogP contribution in [0.25, 0.3) is 5.69 Å². The number of benzene rings is 2. The maximum atomic E-state index is 12.5. The number of nitrogens with zero attached hydrogens (tertiary/aromatic N) is 2. The first kappa shape index (κ1) is 16.2. The number of carbonyl (C=O) groups is 1. The van der Waals surface area contributed by atoms with Gasteiger partial charge in [0.05, 0.1) is 12.8 Å². The van der Waals surface area contributed by atoms with E-state index in [1.54, 1.807) is 19.2 Å². The van der Waals surface area contributed by atoms with Gasteiger partial charge in [-0.2, -0.15) is 4.99 Å². The fourth-order valence-electron chi connectivity index (χ4n) is 2.43. The Morgan fingerprint density at radius 1 is 1.08 bits per heavy atom. The van der Waals surface area contributed by atoms with Crippen LogP contribution in [-0.2, 0) is 0 Å². The van der Waals surface area contributed by atoms with Crippen molar-refractivity contribution in [3.05, 3.63) is 75.5 Å². The van der Waals surface area contributed by atoms with Crippen molar-refractivity contribution < 1.29 is 9.53 Å². The number of hydrogen-bond donors (Lipinski definition) is 0. The number of ether oxygens (including phenoxy) is 1. The highest BCUT2D eigenvalue weighted by molar-refractivity contribution is 7.07. The summed E-state index contributed by atoms with van der Waals surface area (Å²) in [5.41, 5.74) is 3.56. The second kappa shape index (κ2) is 6.84. The summed E-state index contributed by atoms with van der Waals surface area (Å²) in [6.45, 7) is 3.97. The molecule has 0 N–H and O–H groups in total. The van der Waals surface area contributed by atoms with Crippen LogP contribution in [0.4, 0.5) is 0 Å². The summed E-state index contributed by atoms with van der Waals surface area (Å²) in [5, 5.41) is 1.98. The van der Waals surface area contributed by atoms with Gasteiger partial charge in [0.2, 0.25) is 0 Å². The molecule has 1 heterocycles. The molecule has 0 aliphatic heterocycles. The first-order valence-corrected chi connectivity index (χ1v) is 8.44. The van der Waals surface area contributed by atoms with E-state index in [1.807, 2.05) is 60.2 Å². The zero-order chi connectivity index (χ0) is 17.1. The number of aryl methyl sites for hydroxylation is 2. The molecule has 1 amide bonds. The first-order valence-electron chi connectivity index (χ1n) is 7.56. The molecule has 0 saturated carbocycles. The van der Waals surface area contributed by atoms with E-state index in [1.165, 1.54) is 11.3 Å². The minimum absolute atomic E-state index is 0.250. The molecule has 4 nitrogen and oxygen atoms in total. The monoisotopic (exact) mass is 338 g/mol. The highest BCUT2D eigenvalue weighted by Gasteiger charge is 2.11. The number of amides is 1. The van der Waals surface area contributed by atoms with Crippen LogP contribution in [0.15, 0.2) is 58.9 Å². The van der Waals surface area contributed by atoms with Crippen molar-refractivity contribution >= 4 is 17.2 Å². The van der Waals surface area contributed by atoms with Gasteiger partial charge >= 0.3 is 0 Å². The van der Waals surface area contributed by atoms with Crippen LogP contribution in [0.2, 0.25) is 0 Å². The topological polar surface area (TPSA) is 43.6 Å². The molecule has 0 bridgehead atoms. The Balaban J connectivity index is 2.10. The molecule has 0 aliphatic rings. The molecule has 3 rings (SSSR count). The predicted octanol–water partition coefficient (Wildman–Crippen LogP) is 3.91. The number of para-hydroxylation sites is 2. The van der Waals surface area contributed by atoms with Gasteiger partial charge < -0.3 is 4.74 Å². The van der Waals surface area contributed by atoms with Crippen LogP contribution in [0.1, 0.15) is 21.6 Å². The minimum atomic E-state index is -0.250. The smallest absolute Gasteiger partial charge is 0.279 e. The number of thiazole rings is 1. The Hall–Kier alpha value is -2.66. The Morgan fingerprint density at radius 2 is 1.79 bits per heavy atom. The molecule has 0 unspecified atom stereocenters. The van der Waals surface area contributed by atoms with Crippen LogP contribution < -0.4 is 9.54 Å². The molecule has 2 aromatic carbocycles. The number of carbonyl (C=O) groups excluding carboxylic acids is 1. The molecule has 122 valence electrons. The van der Waals surface area contributed by atoms with E-state index >= 15 is 0 Å². The van der Waals surface area contributed by atoms with E-state index in [4.69, 9.17) is 4.74 Å². The summed E-state index contributed by atoms with van der Waals surface area (Å²) < 4.78 is 7.38. The van der Waals surface area contributed by atoms with Gasteiger partial charge in [0, 0.05) is 16.6 Å². The van der Waals surface area contributed by atoms with Crippen LogP contribution >= 0.6 is 11.3 Å². The molecule has 0 saturated heterocycles. The molecule has 0 aliphatic carbocycles.